The second kappa shape index (κ2) is 4.71. The molecule has 0 aliphatic carbocycles. The molecule has 0 N–H and O–H groups in total. The summed E-state index contributed by atoms with van der Waals surface area (Å²) in [4.78, 5) is 30.2. The predicted octanol–water partition coefficient (Wildman–Crippen LogP) is 0.536. The number of rotatable bonds is 2. The van der Waals surface area contributed by atoms with Gasteiger partial charge in [-0.2, -0.15) is 0 Å². The average molecular weight is 254 g/mol. The van der Waals surface area contributed by atoms with Gasteiger partial charge in [0, 0.05) is 18.3 Å². The number of amides is 2. The van der Waals surface area contributed by atoms with Gasteiger partial charge in [-0.05, 0) is 12.1 Å². The Morgan fingerprint density at radius 2 is 2.12 bits per heavy atom. The van der Waals surface area contributed by atoms with Crippen LogP contribution in [0.4, 0.5) is 0 Å². The number of pyridine rings is 1. The normalized spacial score (nSPS) is 16.6. The summed E-state index contributed by atoms with van der Waals surface area (Å²) >= 11 is 5.83. The first kappa shape index (κ1) is 11.9. The first-order valence-electron chi connectivity index (χ1n) is 5.18. The standard InChI is InChI=1S/C11H12ClN3O2/c1-14-6-11(17)15(7-10(14)16)5-9-4-8(12)2-3-13-9/h2-4H,5-7H2,1H3. The van der Waals surface area contributed by atoms with Crippen LogP contribution in [0.5, 0.6) is 0 Å². The monoisotopic (exact) mass is 253 g/mol. The molecule has 1 saturated heterocycles. The van der Waals surface area contributed by atoms with Crippen LogP contribution in [-0.2, 0) is 16.1 Å². The molecule has 1 aromatic rings. The van der Waals surface area contributed by atoms with E-state index in [2.05, 4.69) is 4.98 Å². The number of hydrogen-bond acceptors (Lipinski definition) is 3. The van der Waals surface area contributed by atoms with Gasteiger partial charge in [-0.3, -0.25) is 14.6 Å². The van der Waals surface area contributed by atoms with Crippen molar-refractivity contribution in [3.05, 3.63) is 29.0 Å². The van der Waals surface area contributed by atoms with Crippen LogP contribution in [-0.4, -0.2) is 46.7 Å². The van der Waals surface area contributed by atoms with Crippen LogP contribution in [0.15, 0.2) is 18.3 Å². The third-order valence-electron chi connectivity index (χ3n) is 2.61. The van der Waals surface area contributed by atoms with Crippen molar-refractivity contribution in [3.63, 3.8) is 0 Å². The lowest BCUT2D eigenvalue weighted by atomic mass is 10.2. The van der Waals surface area contributed by atoms with Gasteiger partial charge in [0.1, 0.15) is 6.54 Å². The van der Waals surface area contributed by atoms with Crippen LogP contribution in [0.3, 0.4) is 0 Å². The molecule has 5 nitrogen and oxygen atoms in total. The molecule has 1 aliphatic rings. The summed E-state index contributed by atoms with van der Waals surface area (Å²) in [6.45, 7) is 0.544. The van der Waals surface area contributed by atoms with Crippen molar-refractivity contribution in [2.75, 3.05) is 20.1 Å². The van der Waals surface area contributed by atoms with Crippen molar-refractivity contribution in [2.24, 2.45) is 0 Å². The van der Waals surface area contributed by atoms with Crippen LogP contribution in [0.25, 0.3) is 0 Å². The van der Waals surface area contributed by atoms with E-state index < -0.39 is 0 Å². The minimum atomic E-state index is -0.0751. The van der Waals surface area contributed by atoms with E-state index in [1.165, 1.54) is 9.80 Å². The fourth-order valence-electron chi connectivity index (χ4n) is 1.64. The molecule has 0 aromatic carbocycles. The van der Waals surface area contributed by atoms with Gasteiger partial charge >= 0.3 is 0 Å². The highest BCUT2D eigenvalue weighted by atomic mass is 35.5. The SMILES string of the molecule is CN1CC(=O)N(Cc2cc(Cl)ccn2)CC1=O. The summed E-state index contributed by atoms with van der Waals surface area (Å²) in [5.41, 5.74) is 0.684. The Kier molecular flexibility index (Phi) is 3.28. The van der Waals surface area contributed by atoms with Gasteiger partial charge in [-0.25, -0.2) is 0 Å². The van der Waals surface area contributed by atoms with Crippen molar-refractivity contribution >= 4 is 23.4 Å². The predicted molar refractivity (Wildman–Crippen MR) is 62.3 cm³/mol. The topological polar surface area (TPSA) is 53.5 Å². The highest BCUT2D eigenvalue weighted by Crippen LogP contribution is 2.12. The number of piperazine rings is 1. The molecule has 0 saturated carbocycles. The summed E-state index contributed by atoms with van der Waals surface area (Å²) in [5.74, 6) is -0.138. The number of carbonyl (C=O) groups is 2. The number of halogens is 1. The minimum Gasteiger partial charge on any atom is -0.335 e. The number of nitrogens with zero attached hydrogens (tertiary/aromatic N) is 3. The minimum absolute atomic E-state index is 0.0633. The molecule has 1 aliphatic heterocycles. The molecular weight excluding hydrogens is 242 g/mol. The average Bonchev–Trinajstić information content (AvgIpc) is 2.26. The van der Waals surface area contributed by atoms with Gasteiger partial charge < -0.3 is 9.80 Å². The second-order valence-corrected chi connectivity index (χ2v) is 4.40. The van der Waals surface area contributed by atoms with Gasteiger partial charge in [0.25, 0.3) is 0 Å². The van der Waals surface area contributed by atoms with E-state index >= 15 is 0 Å². The molecular formula is C11H12ClN3O2. The van der Waals surface area contributed by atoms with E-state index in [4.69, 9.17) is 11.6 Å². The molecule has 2 rings (SSSR count). The fraction of sp³-hybridized carbons (Fsp3) is 0.364. The zero-order valence-corrected chi connectivity index (χ0v) is 10.1. The number of likely N-dealkylation sites (N-methyl/N-ethyl adjacent to an activating group) is 1. The van der Waals surface area contributed by atoms with Crippen molar-refractivity contribution in [1.82, 2.24) is 14.8 Å². The van der Waals surface area contributed by atoms with E-state index in [9.17, 15) is 9.59 Å². The van der Waals surface area contributed by atoms with E-state index in [0.29, 0.717) is 17.3 Å². The molecule has 2 heterocycles. The first-order chi connectivity index (χ1) is 8.06. The molecule has 0 atom stereocenters. The lowest BCUT2D eigenvalue weighted by molar-refractivity contribution is -0.149. The summed E-state index contributed by atoms with van der Waals surface area (Å²) < 4.78 is 0. The van der Waals surface area contributed by atoms with Crippen molar-refractivity contribution in [1.29, 1.82) is 0 Å². The maximum absolute atomic E-state index is 11.7. The Labute approximate surface area is 104 Å². The van der Waals surface area contributed by atoms with Gasteiger partial charge in [-0.15, -0.1) is 0 Å². The van der Waals surface area contributed by atoms with Crippen LogP contribution >= 0.6 is 11.6 Å². The van der Waals surface area contributed by atoms with Gasteiger partial charge in [0.2, 0.25) is 11.8 Å². The lowest BCUT2D eigenvalue weighted by Gasteiger charge is -2.31. The molecule has 2 amide bonds. The Morgan fingerprint density at radius 3 is 2.82 bits per heavy atom. The van der Waals surface area contributed by atoms with E-state index in [-0.39, 0.29) is 24.9 Å². The maximum atomic E-state index is 11.7. The molecule has 17 heavy (non-hydrogen) atoms. The van der Waals surface area contributed by atoms with E-state index in [1.807, 2.05) is 0 Å². The molecule has 0 spiro atoms. The second-order valence-electron chi connectivity index (χ2n) is 3.96. The van der Waals surface area contributed by atoms with Crippen LogP contribution < -0.4 is 0 Å². The smallest absolute Gasteiger partial charge is 0.243 e. The Morgan fingerprint density at radius 1 is 1.35 bits per heavy atom. The summed E-state index contributed by atoms with van der Waals surface area (Å²) in [6, 6.07) is 3.36. The molecule has 0 unspecified atom stereocenters. The van der Waals surface area contributed by atoms with Crippen molar-refractivity contribution < 1.29 is 9.59 Å². The van der Waals surface area contributed by atoms with Gasteiger partial charge in [0.15, 0.2) is 0 Å². The summed E-state index contributed by atoms with van der Waals surface area (Å²) in [6.07, 6.45) is 1.58. The molecule has 1 aromatic heterocycles. The third kappa shape index (κ3) is 2.74. The Balaban J connectivity index is 2.08. The van der Waals surface area contributed by atoms with Crippen molar-refractivity contribution in [2.45, 2.75) is 6.54 Å². The molecule has 0 radical (unpaired) electrons. The molecule has 90 valence electrons. The zero-order chi connectivity index (χ0) is 12.4. The van der Waals surface area contributed by atoms with Crippen LogP contribution in [0.2, 0.25) is 5.02 Å². The third-order valence-corrected chi connectivity index (χ3v) is 2.84. The Bertz CT molecular complexity index is 464. The number of hydrogen-bond donors (Lipinski definition) is 0. The van der Waals surface area contributed by atoms with Crippen LogP contribution in [0.1, 0.15) is 5.69 Å². The quantitative estimate of drug-likeness (QED) is 0.773. The number of aromatic nitrogens is 1. The highest BCUT2D eigenvalue weighted by molar-refractivity contribution is 6.30. The number of carbonyl (C=O) groups excluding carboxylic acids is 2. The maximum Gasteiger partial charge on any atom is 0.243 e. The lowest BCUT2D eigenvalue weighted by Crippen LogP contribution is -2.51. The molecule has 1 fully saturated rings. The molecule has 0 bridgehead atoms. The fourth-order valence-corrected chi connectivity index (χ4v) is 1.82. The van der Waals surface area contributed by atoms with E-state index in [0.717, 1.165) is 0 Å². The van der Waals surface area contributed by atoms with Crippen LogP contribution in [0, 0.1) is 0 Å². The highest BCUT2D eigenvalue weighted by Gasteiger charge is 2.27. The molecule has 6 heteroatoms. The largest absolute Gasteiger partial charge is 0.335 e. The summed E-state index contributed by atoms with van der Waals surface area (Å²) in [5, 5.41) is 0.572. The van der Waals surface area contributed by atoms with Gasteiger partial charge in [0.05, 0.1) is 18.8 Å². The van der Waals surface area contributed by atoms with Gasteiger partial charge in [-0.1, -0.05) is 11.6 Å². The Hall–Kier alpha value is -1.62. The zero-order valence-electron chi connectivity index (χ0n) is 9.39. The first-order valence-corrected chi connectivity index (χ1v) is 5.56. The summed E-state index contributed by atoms with van der Waals surface area (Å²) in [7, 11) is 1.62. The van der Waals surface area contributed by atoms with Crippen molar-refractivity contribution in [3.8, 4) is 0 Å². The van der Waals surface area contributed by atoms with E-state index in [1.54, 1.807) is 25.4 Å².